The van der Waals surface area contributed by atoms with Gasteiger partial charge in [0.2, 0.25) is 0 Å². The molecule has 0 spiro atoms. The van der Waals surface area contributed by atoms with Crippen LogP contribution in [0.3, 0.4) is 0 Å². The number of aryl methyl sites for hydroxylation is 1. The molecule has 1 aliphatic carbocycles. The fraction of sp³-hybridized carbons (Fsp3) is 0.571. The second-order valence-electron chi connectivity index (χ2n) is 6.06. The van der Waals surface area contributed by atoms with Gasteiger partial charge in [0.1, 0.15) is 0 Å². The Morgan fingerprint density at radius 2 is 2.11 bits per heavy atom. The first-order valence-corrected chi connectivity index (χ1v) is 6.77. The topological polar surface area (TPSA) is 60.1 Å². The van der Waals surface area contributed by atoms with E-state index in [1.807, 2.05) is 0 Å². The van der Waals surface area contributed by atoms with Crippen LogP contribution in [0.2, 0.25) is 0 Å². The Labute approximate surface area is 112 Å². The molecular formula is C14H18N4O. The van der Waals surface area contributed by atoms with Gasteiger partial charge in [0.25, 0.3) is 5.78 Å². The third-order valence-electron chi connectivity index (χ3n) is 3.51. The van der Waals surface area contributed by atoms with Gasteiger partial charge in [-0.25, -0.2) is 9.50 Å². The summed E-state index contributed by atoms with van der Waals surface area (Å²) in [4.78, 5) is 21.1. The molecule has 0 aliphatic heterocycles. The first kappa shape index (κ1) is 12.3. The fourth-order valence-corrected chi connectivity index (χ4v) is 2.64. The number of fused-ring (bicyclic) bond motifs is 2. The highest BCUT2D eigenvalue weighted by atomic mass is 16.1. The third kappa shape index (κ3) is 2.13. The van der Waals surface area contributed by atoms with Crippen molar-refractivity contribution in [3.05, 3.63) is 23.3 Å². The zero-order valence-corrected chi connectivity index (χ0v) is 11.6. The zero-order chi connectivity index (χ0) is 13.6. The van der Waals surface area contributed by atoms with Gasteiger partial charge >= 0.3 is 0 Å². The Balaban J connectivity index is 2.12. The Morgan fingerprint density at radius 1 is 1.32 bits per heavy atom. The molecule has 1 aliphatic rings. The number of aromatic nitrogens is 4. The van der Waals surface area contributed by atoms with Crippen LogP contribution in [0.1, 0.15) is 55.5 Å². The van der Waals surface area contributed by atoms with Gasteiger partial charge in [-0.05, 0) is 18.3 Å². The lowest BCUT2D eigenvalue weighted by Gasteiger charge is -2.28. The number of nitrogens with zero attached hydrogens (tertiary/aromatic N) is 4. The SMILES string of the molecule is CCCc1nc2nc3c(cn2n1)C(=O)CC(C)(C)C3. The van der Waals surface area contributed by atoms with E-state index in [-0.39, 0.29) is 11.2 Å². The number of rotatable bonds is 2. The van der Waals surface area contributed by atoms with Gasteiger partial charge in [0.15, 0.2) is 11.6 Å². The highest BCUT2D eigenvalue weighted by Gasteiger charge is 2.32. The minimum Gasteiger partial charge on any atom is -0.294 e. The number of hydrogen-bond donors (Lipinski definition) is 0. The lowest BCUT2D eigenvalue weighted by Crippen LogP contribution is -2.28. The van der Waals surface area contributed by atoms with Crippen molar-refractivity contribution in [1.29, 1.82) is 0 Å². The van der Waals surface area contributed by atoms with E-state index in [0.29, 0.717) is 17.8 Å². The number of ketones is 1. The van der Waals surface area contributed by atoms with Crippen molar-refractivity contribution in [2.45, 2.75) is 46.5 Å². The summed E-state index contributed by atoms with van der Waals surface area (Å²) >= 11 is 0. The van der Waals surface area contributed by atoms with Crippen molar-refractivity contribution < 1.29 is 4.79 Å². The van der Waals surface area contributed by atoms with Crippen LogP contribution < -0.4 is 0 Å². The van der Waals surface area contributed by atoms with Crippen molar-refractivity contribution in [2.75, 3.05) is 0 Å². The predicted molar refractivity (Wildman–Crippen MR) is 71.2 cm³/mol. The minimum absolute atomic E-state index is 0.0122. The van der Waals surface area contributed by atoms with Gasteiger partial charge in [-0.2, -0.15) is 4.98 Å². The smallest absolute Gasteiger partial charge is 0.252 e. The summed E-state index contributed by atoms with van der Waals surface area (Å²) in [7, 11) is 0. The molecule has 0 atom stereocenters. The standard InChI is InChI=1S/C14H18N4O/c1-4-5-12-16-13-15-10-6-14(2,3)7-11(19)9(10)8-18(13)17-12/h8H,4-7H2,1-3H3. The van der Waals surface area contributed by atoms with Crippen LogP contribution >= 0.6 is 0 Å². The van der Waals surface area contributed by atoms with E-state index < -0.39 is 0 Å². The molecule has 2 aromatic rings. The van der Waals surface area contributed by atoms with E-state index in [1.54, 1.807) is 10.7 Å². The highest BCUT2D eigenvalue weighted by molar-refractivity contribution is 5.98. The molecule has 0 saturated heterocycles. The fourth-order valence-electron chi connectivity index (χ4n) is 2.64. The molecule has 2 aromatic heterocycles. The van der Waals surface area contributed by atoms with Crippen LogP contribution in [0.5, 0.6) is 0 Å². The Hall–Kier alpha value is -1.78. The number of carbonyl (C=O) groups is 1. The van der Waals surface area contributed by atoms with Crippen LogP contribution in [0, 0.1) is 5.41 Å². The van der Waals surface area contributed by atoms with Crippen LogP contribution in [-0.2, 0) is 12.8 Å². The molecule has 100 valence electrons. The van der Waals surface area contributed by atoms with E-state index >= 15 is 0 Å². The van der Waals surface area contributed by atoms with Gasteiger partial charge in [-0.15, -0.1) is 5.10 Å². The summed E-state index contributed by atoms with van der Waals surface area (Å²) in [6.07, 6.45) is 5.03. The predicted octanol–water partition coefficient (Wildman–Crippen LogP) is 2.23. The normalized spacial score (nSPS) is 17.7. The zero-order valence-electron chi connectivity index (χ0n) is 11.6. The molecule has 0 unspecified atom stereocenters. The van der Waals surface area contributed by atoms with Crippen molar-refractivity contribution in [2.24, 2.45) is 5.41 Å². The van der Waals surface area contributed by atoms with E-state index in [1.165, 1.54) is 0 Å². The average molecular weight is 258 g/mol. The van der Waals surface area contributed by atoms with Crippen molar-refractivity contribution in [1.82, 2.24) is 19.6 Å². The van der Waals surface area contributed by atoms with E-state index in [9.17, 15) is 4.79 Å². The van der Waals surface area contributed by atoms with E-state index in [0.717, 1.165) is 30.8 Å². The summed E-state index contributed by atoms with van der Waals surface area (Å²) in [6, 6.07) is 0. The molecule has 0 N–H and O–H groups in total. The number of Topliss-reactive ketones (excluding diaryl/α,β-unsaturated/α-hetero) is 1. The minimum atomic E-state index is -0.0122. The first-order valence-electron chi connectivity index (χ1n) is 6.77. The first-order chi connectivity index (χ1) is 8.98. The summed E-state index contributed by atoms with van der Waals surface area (Å²) in [5.74, 6) is 1.56. The molecule has 5 nitrogen and oxygen atoms in total. The van der Waals surface area contributed by atoms with Gasteiger partial charge in [0.05, 0.1) is 11.3 Å². The van der Waals surface area contributed by atoms with E-state index in [4.69, 9.17) is 0 Å². The molecule has 0 bridgehead atoms. The Kier molecular flexibility index (Phi) is 2.66. The molecular weight excluding hydrogens is 240 g/mol. The number of carbonyl (C=O) groups excluding carboxylic acids is 1. The van der Waals surface area contributed by atoms with Crippen LogP contribution in [0.25, 0.3) is 5.78 Å². The second-order valence-corrected chi connectivity index (χ2v) is 6.06. The number of hydrogen-bond acceptors (Lipinski definition) is 4. The molecule has 3 rings (SSSR count). The maximum absolute atomic E-state index is 12.2. The molecule has 2 heterocycles. The molecule has 0 radical (unpaired) electrons. The van der Waals surface area contributed by atoms with Crippen LogP contribution in [0.4, 0.5) is 0 Å². The second kappa shape index (κ2) is 4.11. The maximum atomic E-state index is 12.2. The average Bonchev–Trinajstić information content (AvgIpc) is 2.67. The van der Waals surface area contributed by atoms with Crippen molar-refractivity contribution in [3.8, 4) is 0 Å². The Bertz CT molecular complexity index is 657. The summed E-state index contributed by atoms with van der Waals surface area (Å²) < 4.78 is 1.64. The lowest BCUT2D eigenvalue weighted by atomic mass is 9.76. The lowest BCUT2D eigenvalue weighted by molar-refractivity contribution is 0.0909. The largest absolute Gasteiger partial charge is 0.294 e. The molecule has 5 heteroatoms. The maximum Gasteiger partial charge on any atom is 0.252 e. The van der Waals surface area contributed by atoms with Gasteiger partial charge < -0.3 is 0 Å². The van der Waals surface area contributed by atoms with Gasteiger partial charge in [-0.3, -0.25) is 4.79 Å². The van der Waals surface area contributed by atoms with Crippen LogP contribution in [-0.4, -0.2) is 25.4 Å². The van der Waals surface area contributed by atoms with Crippen LogP contribution in [0.15, 0.2) is 6.20 Å². The third-order valence-corrected chi connectivity index (χ3v) is 3.51. The Morgan fingerprint density at radius 3 is 2.84 bits per heavy atom. The van der Waals surface area contributed by atoms with Gasteiger partial charge in [-0.1, -0.05) is 20.8 Å². The highest BCUT2D eigenvalue weighted by Crippen LogP contribution is 2.33. The quantitative estimate of drug-likeness (QED) is 0.828. The van der Waals surface area contributed by atoms with Crippen molar-refractivity contribution in [3.63, 3.8) is 0 Å². The molecule has 0 saturated carbocycles. The summed E-state index contributed by atoms with van der Waals surface area (Å²) in [6.45, 7) is 6.30. The summed E-state index contributed by atoms with van der Waals surface area (Å²) in [5, 5.41) is 4.37. The molecule has 19 heavy (non-hydrogen) atoms. The van der Waals surface area contributed by atoms with Gasteiger partial charge in [0, 0.05) is 19.0 Å². The summed E-state index contributed by atoms with van der Waals surface area (Å²) in [5.41, 5.74) is 1.56. The van der Waals surface area contributed by atoms with E-state index in [2.05, 4.69) is 35.8 Å². The van der Waals surface area contributed by atoms with Crippen molar-refractivity contribution >= 4 is 11.6 Å². The molecule has 0 aromatic carbocycles. The molecule has 0 amide bonds. The monoisotopic (exact) mass is 258 g/mol. The molecule has 0 fully saturated rings.